The van der Waals surface area contributed by atoms with Gasteiger partial charge in [0, 0.05) is 26.2 Å². The van der Waals surface area contributed by atoms with Crippen molar-refractivity contribution in [3.8, 4) is 0 Å². The SMILES string of the molecule is OC1(c2ccc(F)cc2)CCN(c2cncc(N3CCCC3)n2)CC1. The summed E-state index contributed by atoms with van der Waals surface area (Å²) in [6, 6.07) is 6.17. The van der Waals surface area contributed by atoms with Gasteiger partial charge in [0.15, 0.2) is 0 Å². The van der Waals surface area contributed by atoms with E-state index in [9.17, 15) is 9.50 Å². The molecule has 1 aromatic carbocycles. The summed E-state index contributed by atoms with van der Waals surface area (Å²) in [4.78, 5) is 13.6. The van der Waals surface area contributed by atoms with Gasteiger partial charge >= 0.3 is 0 Å². The molecule has 2 aliphatic heterocycles. The average molecular weight is 342 g/mol. The zero-order valence-electron chi connectivity index (χ0n) is 14.2. The monoisotopic (exact) mass is 342 g/mol. The Labute approximate surface area is 147 Å². The van der Waals surface area contributed by atoms with Crippen LogP contribution in [-0.2, 0) is 5.60 Å². The molecule has 25 heavy (non-hydrogen) atoms. The summed E-state index contributed by atoms with van der Waals surface area (Å²) in [7, 11) is 0. The van der Waals surface area contributed by atoms with Crippen molar-refractivity contribution < 1.29 is 9.50 Å². The van der Waals surface area contributed by atoms with Crippen molar-refractivity contribution in [3.63, 3.8) is 0 Å². The Kier molecular flexibility index (Phi) is 4.29. The number of benzene rings is 1. The molecule has 2 saturated heterocycles. The molecule has 0 aliphatic carbocycles. The van der Waals surface area contributed by atoms with Gasteiger partial charge in [0.05, 0.1) is 18.0 Å². The van der Waals surface area contributed by atoms with Crippen molar-refractivity contribution in [1.29, 1.82) is 0 Å². The number of hydrogen-bond donors (Lipinski definition) is 1. The lowest BCUT2D eigenvalue weighted by atomic mass is 9.84. The maximum atomic E-state index is 13.1. The van der Waals surface area contributed by atoms with Gasteiger partial charge in [-0.15, -0.1) is 0 Å². The Morgan fingerprint density at radius 3 is 2.04 bits per heavy atom. The van der Waals surface area contributed by atoms with E-state index < -0.39 is 5.60 Å². The minimum atomic E-state index is -0.899. The summed E-state index contributed by atoms with van der Waals surface area (Å²) in [6.07, 6.45) is 7.22. The van der Waals surface area contributed by atoms with Gasteiger partial charge in [-0.2, -0.15) is 0 Å². The molecule has 0 saturated carbocycles. The van der Waals surface area contributed by atoms with E-state index in [0.29, 0.717) is 25.9 Å². The van der Waals surface area contributed by atoms with Crippen LogP contribution >= 0.6 is 0 Å². The molecule has 5 nitrogen and oxygen atoms in total. The second-order valence-corrected chi connectivity index (χ2v) is 6.96. The van der Waals surface area contributed by atoms with Crippen molar-refractivity contribution >= 4 is 11.6 Å². The minimum absolute atomic E-state index is 0.279. The third-order valence-corrected chi connectivity index (χ3v) is 5.34. The number of piperidine rings is 1. The van der Waals surface area contributed by atoms with Crippen LogP contribution in [0.4, 0.5) is 16.0 Å². The lowest BCUT2D eigenvalue weighted by Crippen LogP contribution is -2.43. The maximum Gasteiger partial charge on any atom is 0.149 e. The zero-order chi connectivity index (χ0) is 17.3. The van der Waals surface area contributed by atoms with Crippen LogP contribution in [0.1, 0.15) is 31.2 Å². The zero-order valence-corrected chi connectivity index (χ0v) is 14.2. The number of aromatic nitrogens is 2. The van der Waals surface area contributed by atoms with E-state index in [1.165, 1.54) is 25.0 Å². The average Bonchev–Trinajstić information content (AvgIpc) is 3.18. The van der Waals surface area contributed by atoms with Crippen LogP contribution in [0.15, 0.2) is 36.7 Å². The number of aliphatic hydroxyl groups is 1. The first-order valence-corrected chi connectivity index (χ1v) is 8.94. The first-order chi connectivity index (χ1) is 12.1. The van der Waals surface area contributed by atoms with Gasteiger partial charge in [0.2, 0.25) is 0 Å². The Morgan fingerprint density at radius 1 is 0.880 bits per heavy atom. The molecule has 1 aromatic heterocycles. The van der Waals surface area contributed by atoms with Crippen molar-refractivity contribution in [2.75, 3.05) is 36.0 Å². The smallest absolute Gasteiger partial charge is 0.149 e. The maximum absolute atomic E-state index is 13.1. The molecular weight excluding hydrogens is 319 g/mol. The highest BCUT2D eigenvalue weighted by Gasteiger charge is 2.34. The predicted molar refractivity (Wildman–Crippen MR) is 95.2 cm³/mol. The van der Waals surface area contributed by atoms with Crippen LogP contribution in [0, 0.1) is 5.82 Å². The Balaban J connectivity index is 1.46. The van der Waals surface area contributed by atoms with Crippen LogP contribution < -0.4 is 9.80 Å². The molecule has 2 aromatic rings. The summed E-state index contributed by atoms with van der Waals surface area (Å²) in [5, 5.41) is 10.9. The van der Waals surface area contributed by atoms with E-state index in [4.69, 9.17) is 4.98 Å². The quantitative estimate of drug-likeness (QED) is 0.929. The van der Waals surface area contributed by atoms with E-state index >= 15 is 0 Å². The molecule has 0 atom stereocenters. The highest BCUT2D eigenvalue weighted by molar-refractivity contribution is 5.46. The normalized spacial score (nSPS) is 20.1. The third kappa shape index (κ3) is 3.31. The molecule has 0 radical (unpaired) electrons. The fraction of sp³-hybridized carbons (Fsp3) is 0.474. The molecule has 0 bridgehead atoms. The minimum Gasteiger partial charge on any atom is -0.385 e. The van der Waals surface area contributed by atoms with Gasteiger partial charge in [0.25, 0.3) is 0 Å². The second-order valence-electron chi connectivity index (χ2n) is 6.96. The summed E-state index contributed by atoms with van der Waals surface area (Å²) in [6.45, 7) is 3.49. The van der Waals surface area contributed by atoms with Gasteiger partial charge in [-0.1, -0.05) is 12.1 Å². The first kappa shape index (κ1) is 16.3. The number of rotatable bonds is 3. The fourth-order valence-electron chi connectivity index (χ4n) is 3.75. The van der Waals surface area contributed by atoms with Gasteiger partial charge in [-0.25, -0.2) is 9.37 Å². The van der Waals surface area contributed by atoms with E-state index in [0.717, 1.165) is 30.3 Å². The lowest BCUT2D eigenvalue weighted by Gasteiger charge is -2.39. The number of halogens is 1. The van der Waals surface area contributed by atoms with E-state index in [-0.39, 0.29) is 5.82 Å². The predicted octanol–water partition coefficient (Wildman–Crippen LogP) is 2.70. The molecule has 0 spiro atoms. The Morgan fingerprint density at radius 2 is 1.44 bits per heavy atom. The number of anilines is 2. The van der Waals surface area contributed by atoms with E-state index in [1.54, 1.807) is 18.3 Å². The molecule has 3 heterocycles. The number of nitrogens with zero attached hydrogens (tertiary/aromatic N) is 4. The fourth-order valence-corrected chi connectivity index (χ4v) is 3.75. The Hall–Kier alpha value is -2.21. The van der Waals surface area contributed by atoms with Crippen LogP contribution in [-0.4, -0.2) is 41.3 Å². The number of hydrogen-bond acceptors (Lipinski definition) is 5. The van der Waals surface area contributed by atoms with Crippen LogP contribution in [0.2, 0.25) is 0 Å². The van der Waals surface area contributed by atoms with Crippen molar-refractivity contribution in [2.24, 2.45) is 0 Å². The molecule has 132 valence electrons. The molecule has 6 heteroatoms. The van der Waals surface area contributed by atoms with Crippen LogP contribution in [0.5, 0.6) is 0 Å². The Bertz CT molecular complexity index is 722. The highest BCUT2D eigenvalue weighted by Crippen LogP contribution is 2.34. The summed E-state index contributed by atoms with van der Waals surface area (Å²) in [5.74, 6) is 1.53. The summed E-state index contributed by atoms with van der Waals surface area (Å²) < 4.78 is 13.1. The second kappa shape index (κ2) is 6.59. The summed E-state index contributed by atoms with van der Waals surface area (Å²) in [5.41, 5.74) is -0.116. The third-order valence-electron chi connectivity index (χ3n) is 5.34. The van der Waals surface area contributed by atoms with Gasteiger partial charge in [-0.3, -0.25) is 4.98 Å². The van der Waals surface area contributed by atoms with Crippen LogP contribution in [0.25, 0.3) is 0 Å². The van der Waals surface area contributed by atoms with E-state index in [2.05, 4.69) is 14.8 Å². The largest absolute Gasteiger partial charge is 0.385 e. The molecule has 1 N–H and O–H groups in total. The molecular formula is C19H23FN4O. The summed E-state index contributed by atoms with van der Waals surface area (Å²) >= 11 is 0. The van der Waals surface area contributed by atoms with Crippen molar-refractivity contribution in [3.05, 3.63) is 48.0 Å². The standard InChI is InChI=1S/C19H23FN4O/c20-16-5-3-15(4-6-16)19(25)7-11-24(12-8-19)18-14-21-13-17(22-18)23-9-1-2-10-23/h3-6,13-14,25H,1-2,7-12H2. The first-order valence-electron chi connectivity index (χ1n) is 8.94. The molecule has 2 fully saturated rings. The topological polar surface area (TPSA) is 52.5 Å². The molecule has 0 unspecified atom stereocenters. The van der Waals surface area contributed by atoms with Crippen LogP contribution in [0.3, 0.4) is 0 Å². The van der Waals surface area contributed by atoms with Gasteiger partial charge < -0.3 is 14.9 Å². The highest BCUT2D eigenvalue weighted by atomic mass is 19.1. The lowest BCUT2D eigenvalue weighted by molar-refractivity contribution is 0.0116. The van der Waals surface area contributed by atoms with Gasteiger partial charge in [0.1, 0.15) is 17.5 Å². The van der Waals surface area contributed by atoms with Gasteiger partial charge in [-0.05, 0) is 43.4 Å². The molecule has 2 aliphatic rings. The van der Waals surface area contributed by atoms with Crippen molar-refractivity contribution in [1.82, 2.24) is 9.97 Å². The van der Waals surface area contributed by atoms with E-state index in [1.807, 2.05) is 6.20 Å². The molecule has 4 rings (SSSR count). The molecule has 0 amide bonds. The van der Waals surface area contributed by atoms with Crippen molar-refractivity contribution in [2.45, 2.75) is 31.3 Å².